The molecular weight excluding hydrogens is 380 g/mol. The minimum absolute atomic E-state index is 0.0890. The molecule has 2 aromatic carbocycles. The van der Waals surface area contributed by atoms with E-state index in [0.717, 1.165) is 11.1 Å². The highest BCUT2D eigenvalue weighted by Crippen LogP contribution is 2.37. The number of hydrogen-bond donors (Lipinski definition) is 1. The summed E-state index contributed by atoms with van der Waals surface area (Å²) in [5.41, 5.74) is -1.45. The molecule has 1 N–H and O–H groups in total. The molecule has 0 saturated heterocycles. The molecule has 0 aliphatic heterocycles. The van der Waals surface area contributed by atoms with Gasteiger partial charge in [-0.25, -0.2) is 9.48 Å². The second-order valence-corrected chi connectivity index (χ2v) is 8.85. The molecule has 1 aromatic heterocycles. The Morgan fingerprint density at radius 3 is 2.07 bits per heavy atom. The summed E-state index contributed by atoms with van der Waals surface area (Å²) in [4.78, 5) is 12.8. The number of aromatic nitrogens is 4. The normalized spacial score (nSPS) is 14.3. The first-order valence-electron chi connectivity index (χ1n) is 9.89. The number of tetrazole rings is 1. The average Bonchev–Trinajstić information content (AvgIpc) is 3.19. The lowest BCUT2D eigenvalue weighted by Gasteiger charge is -2.37. The maximum atomic E-state index is 12.8. The molecule has 1 unspecified atom stereocenters. The van der Waals surface area contributed by atoms with Crippen LogP contribution in [0.5, 0.6) is 0 Å². The highest BCUT2D eigenvalue weighted by Gasteiger charge is 2.51. The highest BCUT2D eigenvalue weighted by molar-refractivity contribution is 5.79. The van der Waals surface area contributed by atoms with Gasteiger partial charge in [0.05, 0.1) is 11.1 Å². The summed E-state index contributed by atoms with van der Waals surface area (Å²) >= 11 is 0. The summed E-state index contributed by atoms with van der Waals surface area (Å²) in [6.45, 7) is 9.38. The monoisotopic (exact) mass is 408 g/mol. The number of carboxylic acids is 1. The Labute approximate surface area is 176 Å². The summed E-state index contributed by atoms with van der Waals surface area (Å²) < 4.78 is 7.80. The van der Waals surface area contributed by atoms with Crippen LogP contribution in [0, 0.1) is 0 Å². The SMILES string of the molecule is CC(C)(C)OC(Cc1ccccc1)(C(=O)O)c1nnnn1C(C)(C)c1ccccc1. The number of aliphatic carboxylic acids is 1. The number of benzene rings is 2. The van der Waals surface area contributed by atoms with Crippen LogP contribution in [0.3, 0.4) is 0 Å². The molecule has 7 heteroatoms. The van der Waals surface area contributed by atoms with E-state index in [9.17, 15) is 9.90 Å². The van der Waals surface area contributed by atoms with Crippen molar-refractivity contribution < 1.29 is 14.6 Å². The molecule has 0 fully saturated rings. The van der Waals surface area contributed by atoms with Crippen LogP contribution in [-0.4, -0.2) is 36.9 Å². The molecule has 158 valence electrons. The molecule has 3 aromatic rings. The first-order chi connectivity index (χ1) is 14.1. The van der Waals surface area contributed by atoms with Gasteiger partial charge >= 0.3 is 5.97 Å². The Morgan fingerprint density at radius 1 is 0.967 bits per heavy atom. The van der Waals surface area contributed by atoms with E-state index >= 15 is 0 Å². The molecule has 1 atom stereocenters. The van der Waals surface area contributed by atoms with Crippen LogP contribution >= 0.6 is 0 Å². The van der Waals surface area contributed by atoms with E-state index in [0.29, 0.717) is 0 Å². The van der Waals surface area contributed by atoms with Gasteiger partial charge in [0.1, 0.15) is 0 Å². The van der Waals surface area contributed by atoms with Gasteiger partial charge in [-0.1, -0.05) is 60.7 Å². The maximum Gasteiger partial charge on any atom is 0.344 e. The predicted molar refractivity (Wildman–Crippen MR) is 113 cm³/mol. The van der Waals surface area contributed by atoms with Crippen molar-refractivity contribution >= 4 is 5.97 Å². The number of hydrogen-bond acceptors (Lipinski definition) is 5. The van der Waals surface area contributed by atoms with E-state index in [1.807, 2.05) is 95.3 Å². The Morgan fingerprint density at radius 2 is 1.53 bits per heavy atom. The topological polar surface area (TPSA) is 90.1 Å². The van der Waals surface area contributed by atoms with E-state index in [4.69, 9.17) is 4.74 Å². The van der Waals surface area contributed by atoms with Crippen LogP contribution in [0.25, 0.3) is 0 Å². The molecular formula is C23H28N4O3. The minimum Gasteiger partial charge on any atom is -0.479 e. The first-order valence-corrected chi connectivity index (χ1v) is 9.89. The van der Waals surface area contributed by atoms with Gasteiger partial charge in [-0.05, 0) is 56.2 Å². The van der Waals surface area contributed by atoms with Crippen molar-refractivity contribution in [1.82, 2.24) is 20.2 Å². The van der Waals surface area contributed by atoms with E-state index in [2.05, 4.69) is 15.5 Å². The van der Waals surface area contributed by atoms with E-state index in [1.165, 1.54) is 0 Å². The van der Waals surface area contributed by atoms with Crippen molar-refractivity contribution in [3.8, 4) is 0 Å². The average molecular weight is 409 g/mol. The van der Waals surface area contributed by atoms with Crippen molar-refractivity contribution in [2.45, 2.75) is 57.8 Å². The predicted octanol–water partition coefficient (Wildman–Crippen LogP) is 3.79. The molecule has 3 rings (SSSR count). The molecule has 1 heterocycles. The van der Waals surface area contributed by atoms with Crippen LogP contribution in [-0.2, 0) is 27.1 Å². The molecule has 0 radical (unpaired) electrons. The molecule has 7 nitrogen and oxygen atoms in total. The van der Waals surface area contributed by atoms with Crippen molar-refractivity contribution in [2.24, 2.45) is 0 Å². The summed E-state index contributed by atoms with van der Waals surface area (Å²) in [6.07, 6.45) is 0.0890. The lowest BCUT2D eigenvalue weighted by Crippen LogP contribution is -2.49. The van der Waals surface area contributed by atoms with Crippen molar-refractivity contribution in [1.29, 1.82) is 0 Å². The van der Waals surface area contributed by atoms with Gasteiger partial charge in [0.25, 0.3) is 0 Å². The fourth-order valence-corrected chi connectivity index (χ4v) is 3.57. The van der Waals surface area contributed by atoms with Crippen molar-refractivity contribution in [3.05, 3.63) is 77.6 Å². The first kappa shape index (κ1) is 21.6. The van der Waals surface area contributed by atoms with Crippen LogP contribution in [0.2, 0.25) is 0 Å². The molecule has 0 bridgehead atoms. The third-order valence-corrected chi connectivity index (χ3v) is 4.96. The maximum absolute atomic E-state index is 12.8. The largest absolute Gasteiger partial charge is 0.479 e. The number of ether oxygens (including phenoxy) is 1. The molecule has 0 aliphatic carbocycles. The van der Waals surface area contributed by atoms with Crippen LogP contribution in [0.4, 0.5) is 0 Å². The quantitative estimate of drug-likeness (QED) is 0.640. The zero-order valence-corrected chi connectivity index (χ0v) is 18.0. The summed E-state index contributed by atoms with van der Waals surface area (Å²) in [7, 11) is 0. The van der Waals surface area contributed by atoms with Crippen molar-refractivity contribution in [3.63, 3.8) is 0 Å². The third-order valence-electron chi connectivity index (χ3n) is 4.96. The van der Waals surface area contributed by atoms with E-state index in [-0.39, 0.29) is 12.2 Å². The lowest BCUT2D eigenvalue weighted by atomic mass is 9.89. The van der Waals surface area contributed by atoms with Crippen LogP contribution < -0.4 is 0 Å². The standard InChI is InChI=1S/C23H28N4O3/c1-21(2,3)30-23(20(28)29,16-17-12-8-6-9-13-17)19-24-25-26-27(19)22(4,5)18-14-10-7-11-15-18/h6-15H,16H2,1-5H3,(H,28,29). The number of nitrogens with zero attached hydrogens (tertiary/aromatic N) is 4. The highest BCUT2D eigenvalue weighted by atomic mass is 16.5. The molecule has 0 spiro atoms. The zero-order valence-electron chi connectivity index (χ0n) is 18.0. The zero-order chi connectivity index (χ0) is 22.0. The van der Waals surface area contributed by atoms with Gasteiger partial charge < -0.3 is 9.84 Å². The fraction of sp³-hybridized carbons (Fsp3) is 0.391. The third kappa shape index (κ3) is 4.26. The molecule has 0 aliphatic rings. The Hall–Kier alpha value is -3.06. The second kappa shape index (κ2) is 7.99. The fourth-order valence-electron chi connectivity index (χ4n) is 3.57. The lowest BCUT2D eigenvalue weighted by molar-refractivity contribution is -0.191. The van der Waals surface area contributed by atoms with Crippen LogP contribution in [0.15, 0.2) is 60.7 Å². The van der Waals surface area contributed by atoms with Gasteiger partial charge in [0, 0.05) is 6.42 Å². The molecule has 0 saturated carbocycles. The summed E-state index contributed by atoms with van der Waals surface area (Å²) in [5, 5.41) is 22.7. The van der Waals surface area contributed by atoms with Gasteiger partial charge in [-0.15, -0.1) is 5.10 Å². The summed E-state index contributed by atoms with van der Waals surface area (Å²) in [5.74, 6) is -0.983. The number of carboxylic acid groups (broad SMARTS) is 1. The number of carbonyl (C=O) groups is 1. The van der Waals surface area contributed by atoms with E-state index < -0.39 is 22.7 Å². The van der Waals surface area contributed by atoms with E-state index in [1.54, 1.807) is 4.68 Å². The number of rotatable bonds is 7. The van der Waals surface area contributed by atoms with Crippen LogP contribution in [0.1, 0.15) is 51.6 Å². The van der Waals surface area contributed by atoms with Gasteiger partial charge in [-0.3, -0.25) is 0 Å². The Bertz CT molecular complexity index is 994. The van der Waals surface area contributed by atoms with Gasteiger partial charge in [-0.2, -0.15) is 0 Å². The van der Waals surface area contributed by atoms with Gasteiger partial charge in [0.2, 0.25) is 5.60 Å². The Balaban J connectivity index is 2.20. The minimum atomic E-state index is -1.77. The second-order valence-electron chi connectivity index (χ2n) is 8.85. The molecule has 0 amide bonds. The summed E-state index contributed by atoms with van der Waals surface area (Å²) in [6, 6.07) is 19.1. The van der Waals surface area contributed by atoms with Crippen molar-refractivity contribution in [2.75, 3.05) is 0 Å². The smallest absolute Gasteiger partial charge is 0.344 e. The Kier molecular flexibility index (Phi) is 5.76. The van der Waals surface area contributed by atoms with Gasteiger partial charge in [0.15, 0.2) is 5.82 Å². The molecule has 30 heavy (non-hydrogen) atoms.